The highest BCUT2D eigenvalue weighted by molar-refractivity contribution is 6.08. The number of carbonyl (C=O) groups excluding carboxylic acids is 4. The minimum atomic E-state index is -0.685. The van der Waals surface area contributed by atoms with E-state index in [1.807, 2.05) is 36.4 Å². The Balaban J connectivity index is 0.995. The zero-order chi connectivity index (χ0) is 39.4. The van der Waals surface area contributed by atoms with Crippen molar-refractivity contribution >= 4 is 23.6 Å². The molecular weight excluding hydrogens is 721 g/mol. The third-order valence-electron chi connectivity index (χ3n) is 13.9. The van der Waals surface area contributed by atoms with Crippen molar-refractivity contribution < 1.29 is 33.8 Å². The zero-order valence-corrected chi connectivity index (χ0v) is 32.8. The molecule has 11 nitrogen and oxygen atoms in total. The Hall–Kier alpha value is -5.00. The highest BCUT2D eigenvalue weighted by Gasteiger charge is 2.63. The third-order valence-corrected chi connectivity index (χ3v) is 13.9. The quantitative estimate of drug-likeness (QED) is 0.226. The predicted molar refractivity (Wildman–Crippen MR) is 212 cm³/mol. The second-order valence-electron chi connectivity index (χ2n) is 16.9. The van der Waals surface area contributed by atoms with Crippen molar-refractivity contribution in [2.75, 3.05) is 40.4 Å². The lowest BCUT2D eigenvalue weighted by Gasteiger charge is -2.44. The van der Waals surface area contributed by atoms with Crippen molar-refractivity contribution in [1.29, 1.82) is 0 Å². The summed E-state index contributed by atoms with van der Waals surface area (Å²) in [6.45, 7) is 4.80. The van der Waals surface area contributed by atoms with Crippen molar-refractivity contribution in [3.63, 3.8) is 0 Å². The first-order valence-electron chi connectivity index (χ1n) is 20.7. The number of allylic oxidation sites excluding steroid dienone is 2. The number of hydrogen-bond acceptors (Lipinski definition) is 9. The Bertz CT molecular complexity index is 2030. The fourth-order valence-electron chi connectivity index (χ4n) is 11.2. The van der Waals surface area contributed by atoms with E-state index in [1.54, 1.807) is 21.9 Å². The number of benzene rings is 3. The molecule has 0 aromatic heterocycles. The molecule has 4 amide bonds. The molecule has 0 radical (unpaired) electrons. The summed E-state index contributed by atoms with van der Waals surface area (Å²) in [6.07, 6.45) is 5.66. The second-order valence-corrected chi connectivity index (χ2v) is 16.9. The van der Waals surface area contributed by atoms with Crippen LogP contribution >= 0.6 is 0 Å². The van der Waals surface area contributed by atoms with Crippen LogP contribution in [0.15, 0.2) is 84.4 Å². The van der Waals surface area contributed by atoms with Gasteiger partial charge >= 0.3 is 0 Å². The van der Waals surface area contributed by atoms with E-state index < -0.39 is 29.6 Å². The molecule has 57 heavy (non-hydrogen) atoms. The van der Waals surface area contributed by atoms with Crippen molar-refractivity contribution in [3.8, 4) is 17.2 Å². The lowest BCUT2D eigenvalue weighted by molar-refractivity contribution is -0.146. The largest absolute Gasteiger partial charge is 0.502 e. The molecular formula is C46H52N4O7. The van der Waals surface area contributed by atoms with E-state index in [-0.39, 0.29) is 58.9 Å². The number of piperidine rings is 2. The van der Waals surface area contributed by atoms with Crippen LogP contribution in [-0.4, -0.2) is 101 Å². The summed E-state index contributed by atoms with van der Waals surface area (Å²) >= 11 is 0. The Morgan fingerprint density at radius 1 is 0.614 bits per heavy atom. The van der Waals surface area contributed by atoms with Gasteiger partial charge in [-0.15, -0.1) is 0 Å². The number of aromatic hydroxyl groups is 1. The van der Waals surface area contributed by atoms with E-state index in [2.05, 4.69) is 40.1 Å². The molecule has 0 spiro atoms. The van der Waals surface area contributed by atoms with Crippen LogP contribution in [0.5, 0.6) is 17.2 Å². The van der Waals surface area contributed by atoms with Gasteiger partial charge in [-0.25, -0.2) is 0 Å². The van der Waals surface area contributed by atoms with Gasteiger partial charge in [0.2, 0.25) is 29.4 Å². The molecule has 3 aromatic carbocycles. The fourth-order valence-corrected chi connectivity index (χ4v) is 11.2. The standard InChI is InChI=1S/C46H52N4O7/c1-56-37-23-30(24-38(57-2)42(37)51)39-33-13-14-34-40(45(54)49(43(34)52)31-15-19-47(20-16-31)26-28-9-5-3-6-10-28)35(33)25-36-41(39)46(55)50(44(36)53)32-17-21-48(22-18-32)27-29-11-7-4-8-12-29/h3-13,23-24,31-32,34-36,39-41,51H,14-22,25-27H2,1-2H3. The van der Waals surface area contributed by atoms with Gasteiger partial charge < -0.3 is 14.6 Å². The summed E-state index contributed by atoms with van der Waals surface area (Å²) in [4.78, 5) is 66.4. The number of imide groups is 2. The van der Waals surface area contributed by atoms with Crippen LogP contribution in [0.2, 0.25) is 0 Å². The van der Waals surface area contributed by atoms with Gasteiger partial charge in [0, 0.05) is 57.3 Å². The Labute approximate surface area is 334 Å². The average Bonchev–Trinajstić information content (AvgIpc) is 3.65. The van der Waals surface area contributed by atoms with Gasteiger partial charge in [-0.05, 0) is 73.3 Å². The number of phenols is 1. The number of carbonyl (C=O) groups is 4. The summed E-state index contributed by atoms with van der Waals surface area (Å²) in [5.74, 6) is -3.70. The van der Waals surface area contributed by atoms with Gasteiger partial charge in [-0.2, -0.15) is 0 Å². The smallest absolute Gasteiger partial charge is 0.234 e. The van der Waals surface area contributed by atoms with Gasteiger partial charge in [0.05, 0.1) is 37.9 Å². The summed E-state index contributed by atoms with van der Waals surface area (Å²) in [5, 5.41) is 10.9. The first kappa shape index (κ1) is 37.6. The number of ether oxygens (including phenoxy) is 2. The van der Waals surface area contributed by atoms with Crippen LogP contribution < -0.4 is 9.47 Å². The van der Waals surface area contributed by atoms with Crippen LogP contribution in [0.3, 0.4) is 0 Å². The van der Waals surface area contributed by atoms with Crippen LogP contribution in [0.25, 0.3) is 0 Å². The number of likely N-dealkylation sites (tertiary alicyclic amines) is 4. The van der Waals surface area contributed by atoms with Crippen LogP contribution in [0.1, 0.15) is 61.1 Å². The molecule has 5 fully saturated rings. The van der Waals surface area contributed by atoms with E-state index in [9.17, 15) is 24.3 Å². The molecule has 298 valence electrons. The zero-order valence-electron chi connectivity index (χ0n) is 32.8. The summed E-state index contributed by atoms with van der Waals surface area (Å²) < 4.78 is 11.2. The van der Waals surface area contributed by atoms with Gasteiger partial charge in [-0.1, -0.05) is 72.3 Å². The lowest BCUT2D eigenvalue weighted by atomic mass is 9.57. The third kappa shape index (κ3) is 6.62. The number of fused-ring (bicyclic) bond motifs is 4. The highest BCUT2D eigenvalue weighted by Crippen LogP contribution is 2.59. The normalized spacial score (nSPS) is 28.6. The van der Waals surface area contributed by atoms with Gasteiger partial charge in [0.15, 0.2) is 11.5 Å². The van der Waals surface area contributed by atoms with E-state index in [4.69, 9.17) is 9.47 Å². The van der Waals surface area contributed by atoms with E-state index in [1.165, 1.54) is 25.3 Å². The van der Waals surface area contributed by atoms with E-state index in [0.717, 1.165) is 57.7 Å². The molecule has 0 bridgehead atoms. The van der Waals surface area contributed by atoms with Gasteiger partial charge in [0.1, 0.15) is 0 Å². The molecule has 4 heterocycles. The average molecular weight is 773 g/mol. The summed E-state index contributed by atoms with van der Waals surface area (Å²) in [6, 6.07) is 23.8. The second kappa shape index (κ2) is 15.4. The predicted octanol–water partition coefficient (Wildman–Crippen LogP) is 5.37. The maximum absolute atomic E-state index is 14.8. The van der Waals surface area contributed by atoms with Crippen molar-refractivity contribution in [1.82, 2.24) is 19.6 Å². The van der Waals surface area contributed by atoms with E-state index in [0.29, 0.717) is 31.2 Å². The van der Waals surface area contributed by atoms with Crippen molar-refractivity contribution in [3.05, 3.63) is 101 Å². The number of methoxy groups -OCH3 is 2. The molecule has 9 rings (SSSR count). The van der Waals surface area contributed by atoms with E-state index >= 15 is 0 Å². The number of phenolic OH excluding ortho intramolecular Hbond substituents is 1. The van der Waals surface area contributed by atoms with Crippen LogP contribution in [-0.2, 0) is 32.3 Å². The molecule has 3 aromatic rings. The van der Waals surface area contributed by atoms with Gasteiger partial charge in [-0.3, -0.25) is 38.8 Å². The minimum absolute atomic E-state index is 0.105. The molecule has 4 aliphatic heterocycles. The molecule has 1 saturated carbocycles. The number of nitrogens with zero attached hydrogens (tertiary/aromatic N) is 4. The van der Waals surface area contributed by atoms with Crippen molar-refractivity contribution in [2.24, 2.45) is 29.6 Å². The monoisotopic (exact) mass is 772 g/mol. The molecule has 11 heteroatoms. The number of amides is 4. The molecule has 6 aliphatic rings. The molecule has 6 unspecified atom stereocenters. The highest BCUT2D eigenvalue weighted by atomic mass is 16.5. The molecule has 2 aliphatic carbocycles. The summed E-state index contributed by atoms with van der Waals surface area (Å²) in [7, 11) is 2.93. The van der Waals surface area contributed by atoms with Crippen LogP contribution in [0, 0.1) is 29.6 Å². The SMILES string of the molecule is COc1cc(C2C3=CCC4C(=O)N(C5CCN(Cc6ccccc6)CC5)C(=O)C4C3CC3C(=O)N(C4CCN(Cc5ccccc5)CC4)C(=O)C32)cc(OC)c1O. The Kier molecular flexibility index (Phi) is 10.1. The minimum Gasteiger partial charge on any atom is -0.502 e. The first-order valence-corrected chi connectivity index (χ1v) is 20.7. The molecule has 4 saturated heterocycles. The topological polar surface area (TPSA) is 120 Å². The van der Waals surface area contributed by atoms with Gasteiger partial charge in [0.25, 0.3) is 0 Å². The number of hydrogen-bond donors (Lipinski definition) is 1. The van der Waals surface area contributed by atoms with Crippen molar-refractivity contribution in [2.45, 2.75) is 69.6 Å². The Morgan fingerprint density at radius 2 is 1.09 bits per heavy atom. The maximum atomic E-state index is 14.8. The van der Waals surface area contributed by atoms with Crippen LogP contribution in [0.4, 0.5) is 0 Å². The first-order chi connectivity index (χ1) is 27.7. The Morgan fingerprint density at radius 3 is 1.58 bits per heavy atom. The fraction of sp³-hybridized carbons (Fsp3) is 0.478. The summed E-state index contributed by atoms with van der Waals surface area (Å²) in [5.41, 5.74) is 4.09. The maximum Gasteiger partial charge on any atom is 0.234 e. The molecule has 1 N–H and O–H groups in total. The number of rotatable bonds is 9. The molecule has 6 atom stereocenters. The lowest BCUT2D eigenvalue weighted by Crippen LogP contribution is -2.48.